The zero-order chi connectivity index (χ0) is 8.27. The normalized spacial score (nSPS) is 10.1. The Kier molecular flexibility index (Phi) is 2.60. The highest BCUT2D eigenvalue weighted by molar-refractivity contribution is 5.24. The number of hydrogen-bond donors (Lipinski definition) is 1. The SMILES string of the molecule is CCc1cnc(CN)cc1C. The Morgan fingerprint density at radius 2 is 2.27 bits per heavy atom. The number of rotatable bonds is 2. The van der Waals surface area contributed by atoms with E-state index in [1.807, 2.05) is 6.20 Å². The molecule has 0 aromatic carbocycles. The van der Waals surface area contributed by atoms with Crippen LogP contribution in [0.5, 0.6) is 0 Å². The van der Waals surface area contributed by atoms with Crippen molar-refractivity contribution in [3.8, 4) is 0 Å². The van der Waals surface area contributed by atoms with Crippen LogP contribution in [0.15, 0.2) is 12.3 Å². The minimum atomic E-state index is 0.533. The third-order valence-electron chi connectivity index (χ3n) is 1.87. The first-order valence-electron chi connectivity index (χ1n) is 3.92. The molecule has 0 radical (unpaired) electrons. The summed E-state index contributed by atoms with van der Waals surface area (Å²) in [7, 11) is 0. The Hall–Kier alpha value is -0.890. The quantitative estimate of drug-likeness (QED) is 0.692. The highest BCUT2D eigenvalue weighted by Crippen LogP contribution is 2.07. The van der Waals surface area contributed by atoms with E-state index < -0.39 is 0 Å². The fraction of sp³-hybridized carbons (Fsp3) is 0.444. The number of nitrogens with two attached hydrogens (primary N) is 1. The van der Waals surface area contributed by atoms with Crippen molar-refractivity contribution >= 4 is 0 Å². The molecule has 0 saturated heterocycles. The van der Waals surface area contributed by atoms with E-state index in [2.05, 4.69) is 24.9 Å². The van der Waals surface area contributed by atoms with Crippen molar-refractivity contribution in [3.05, 3.63) is 29.1 Å². The fourth-order valence-electron chi connectivity index (χ4n) is 1.12. The van der Waals surface area contributed by atoms with E-state index in [0.29, 0.717) is 6.54 Å². The molecule has 0 aliphatic carbocycles. The van der Waals surface area contributed by atoms with Crippen LogP contribution in [0.3, 0.4) is 0 Å². The molecule has 11 heavy (non-hydrogen) atoms. The lowest BCUT2D eigenvalue weighted by Gasteiger charge is -2.03. The lowest BCUT2D eigenvalue weighted by molar-refractivity contribution is 0.959. The second-order valence-electron chi connectivity index (χ2n) is 2.66. The largest absolute Gasteiger partial charge is 0.325 e. The zero-order valence-corrected chi connectivity index (χ0v) is 7.09. The minimum Gasteiger partial charge on any atom is -0.325 e. The molecule has 1 rings (SSSR count). The summed E-state index contributed by atoms with van der Waals surface area (Å²) in [4.78, 5) is 4.20. The molecule has 2 N–H and O–H groups in total. The van der Waals surface area contributed by atoms with Gasteiger partial charge in [-0.25, -0.2) is 0 Å². The van der Waals surface area contributed by atoms with Crippen LogP contribution in [-0.4, -0.2) is 4.98 Å². The number of aromatic nitrogens is 1. The van der Waals surface area contributed by atoms with E-state index in [1.165, 1.54) is 11.1 Å². The van der Waals surface area contributed by atoms with Crippen LogP contribution >= 0.6 is 0 Å². The molecular weight excluding hydrogens is 136 g/mol. The lowest BCUT2D eigenvalue weighted by Crippen LogP contribution is -2.01. The van der Waals surface area contributed by atoms with E-state index in [4.69, 9.17) is 5.73 Å². The molecule has 2 heteroatoms. The highest BCUT2D eigenvalue weighted by atomic mass is 14.7. The number of nitrogens with zero attached hydrogens (tertiary/aromatic N) is 1. The van der Waals surface area contributed by atoms with Gasteiger partial charge in [-0.05, 0) is 30.5 Å². The Bertz CT molecular complexity index is 243. The topological polar surface area (TPSA) is 38.9 Å². The first-order chi connectivity index (χ1) is 5.27. The Labute approximate surface area is 67.5 Å². The van der Waals surface area contributed by atoms with E-state index in [9.17, 15) is 0 Å². The van der Waals surface area contributed by atoms with Gasteiger partial charge in [0.2, 0.25) is 0 Å². The van der Waals surface area contributed by atoms with Crippen LogP contribution in [0.25, 0.3) is 0 Å². The van der Waals surface area contributed by atoms with Crippen molar-refractivity contribution < 1.29 is 0 Å². The summed E-state index contributed by atoms with van der Waals surface area (Å²) in [6.07, 6.45) is 2.96. The van der Waals surface area contributed by atoms with Gasteiger partial charge in [-0.3, -0.25) is 4.98 Å². The Balaban J connectivity index is 2.99. The monoisotopic (exact) mass is 150 g/mol. The van der Waals surface area contributed by atoms with Gasteiger partial charge in [0.1, 0.15) is 0 Å². The van der Waals surface area contributed by atoms with Gasteiger partial charge < -0.3 is 5.73 Å². The first-order valence-corrected chi connectivity index (χ1v) is 3.92. The van der Waals surface area contributed by atoms with Gasteiger partial charge in [-0.2, -0.15) is 0 Å². The number of hydrogen-bond acceptors (Lipinski definition) is 2. The van der Waals surface area contributed by atoms with E-state index >= 15 is 0 Å². The maximum atomic E-state index is 5.45. The van der Waals surface area contributed by atoms with Crippen LogP contribution in [0.4, 0.5) is 0 Å². The van der Waals surface area contributed by atoms with E-state index in [-0.39, 0.29) is 0 Å². The standard InChI is InChI=1S/C9H14N2/c1-3-8-6-11-9(5-10)4-7(8)2/h4,6H,3,5,10H2,1-2H3. The van der Waals surface area contributed by atoms with Crippen LogP contribution < -0.4 is 5.73 Å². The molecule has 0 spiro atoms. The summed E-state index contributed by atoms with van der Waals surface area (Å²) < 4.78 is 0. The molecule has 0 amide bonds. The summed E-state index contributed by atoms with van der Waals surface area (Å²) in [5.74, 6) is 0. The molecular formula is C9H14N2. The summed E-state index contributed by atoms with van der Waals surface area (Å²) in [6, 6.07) is 2.05. The fourth-order valence-corrected chi connectivity index (χ4v) is 1.12. The van der Waals surface area contributed by atoms with Gasteiger partial charge in [-0.1, -0.05) is 6.92 Å². The molecule has 1 aromatic rings. The second kappa shape index (κ2) is 3.49. The van der Waals surface area contributed by atoms with Crippen molar-refractivity contribution in [3.63, 3.8) is 0 Å². The zero-order valence-electron chi connectivity index (χ0n) is 7.09. The average Bonchev–Trinajstić information content (AvgIpc) is 2.04. The van der Waals surface area contributed by atoms with Crippen molar-refractivity contribution in [1.29, 1.82) is 0 Å². The molecule has 2 nitrogen and oxygen atoms in total. The molecule has 60 valence electrons. The first kappa shape index (κ1) is 8.21. The third kappa shape index (κ3) is 1.77. The Morgan fingerprint density at radius 3 is 2.73 bits per heavy atom. The van der Waals surface area contributed by atoms with Crippen molar-refractivity contribution in [2.75, 3.05) is 0 Å². The van der Waals surface area contributed by atoms with Gasteiger partial charge in [0.05, 0.1) is 5.69 Å². The van der Waals surface area contributed by atoms with Gasteiger partial charge >= 0.3 is 0 Å². The third-order valence-corrected chi connectivity index (χ3v) is 1.87. The summed E-state index contributed by atoms with van der Waals surface area (Å²) >= 11 is 0. The smallest absolute Gasteiger partial charge is 0.0542 e. The molecule has 0 atom stereocenters. The summed E-state index contributed by atoms with van der Waals surface area (Å²) in [6.45, 7) is 4.76. The number of pyridine rings is 1. The Morgan fingerprint density at radius 1 is 1.55 bits per heavy atom. The second-order valence-corrected chi connectivity index (χ2v) is 2.66. The van der Waals surface area contributed by atoms with Crippen LogP contribution in [0.2, 0.25) is 0 Å². The van der Waals surface area contributed by atoms with Gasteiger partial charge in [0.15, 0.2) is 0 Å². The maximum absolute atomic E-state index is 5.45. The molecule has 0 saturated carbocycles. The van der Waals surface area contributed by atoms with Crippen LogP contribution in [-0.2, 0) is 13.0 Å². The summed E-state index contributed by atoms with van der Waals surface area (Å²) in [5, 5.41) is 0. The molecule has 1 heterocycles. The van der Waals surface area contributed by atoms with Gasteiger partial charge in [0.25, 0.3) is 0 Å². The molecule has 0 bridgehead atoms. The lowest BCUT2D eigenvalue weighted by atomic mass is 10.1. The average molecular weight is 150 g/mol. The predicted molar refractivity (Wildman–Crippen MR) is 46.2 cm³/mol. The van der Waals surface area contributed by atoms with Crippen molar-refractivity contribution in [2.45, 2.75) is 26.8 Å². The van der Waals surface area contributed by atoms with Crippen LogP contribution in [0.1, 0.15) is 23.7 Å². The van der Waals surface area contributed by atoms with Crippen molar-refractivity contribution in [2.24, 2.45) is 5.73 Å². The van der Waals surface area contributed by atoms with E-state index in [0.717, 1.165) is 12.1 Å². The predicted octanol–water partition coefficient (Wildman–Crippen LogP) is 1.41. The summed E-state index contributed by atoms with van der Waals surface area (Å²) in [5.41, 5.74) is 9.02. The van der Waals surface area contributed by atoms with Gasteiger partial charge in [0, 0.05) is 12.7 Å². The molecule has 0 unspecified atom stereocenters. The molecule has 1 aromatic heterocycles. The molecule has 0 fully saturated rings. The minimum absolute atomic E-state index is 0.533. The molecule has 0 aliphatic rings. The molecule has 0 aliphatic heterocycles. The maximum Gasteiger partial charge on any atom is 0.0542 e. The number of aryl methyl sites for hydroxylation is 2. The van der Waals surface area contributed by atoms with Crippen LogP contribution in [0, 0.1) is 6.92 Å². The van der Waals surface area contributed by atoms with Gasteiger partial charge in [-0.15, -0.1) is 0 Å². The van der Waals surface area contributed by atoms with E-state index in [1.54, 1.807) is 0 Å². The highest BCUT2D eigenvalue weighted by Gasteiger charge is 1.96. The van der Waals surface area contributed by atoms with Crippen molar-refractivity contribution in [1.82, 2.24) is 4.98 Å².